The van der Waals surface area contributed by atoms with Crippen molar-refractivity contribution in [2.24, 2.45) is 10.9 Å². The minimum atomic E-state index is -0.137. The zero-order chi connectivity index (χ0) is 13.5. The number of likely N-dealkylation sites (N-methyl/N-ethyl adjacent to an activating group) is 1. The lowest BCUT2D eigenvalue weighted by molar-refractivity contribution is -0.129. The van der Waals surface area contributed by atoms with Crippen molar-refractivity contribution in [3.8, 4) is 5.75 Å². The molecule has 1 aromatic carbocycles. The van der Waals surface area contributed by atoms with Crippen LogP contribution in [0.4, 0.5) is 0 Å². The molecule has 0 aromatic heterocycles. The van der Waals surface area contributed by atoms with Gasteiger partial charge in [0.15, 0.2) is 0 Å². The van der Waals surface area contributed by atoms with E-state index in [1.807, 2.05) is 0 Å². The number of aromatic hydroxyl groups is 1. The van der Waals surface area contributed by atoms with Crippen molar-refractivity contribution in [2.45, 2.75) is 12.8 Å². The molecule has 0 fully saturated rings. The topological polar surface area (TPSA) is 99.1 Å². The second-order valence-corrected chi connectivity index (χ2v) is 3.96. The molecule has 0 spiro atoms. The highest BCUT2D eigenvalue weighted by Crippen LogP contribution is 2.16. The van der Waals surface area contributed by atoms with Crippen molar-refractivity contribution < 1.29 is 15.1 Å². The molecule has 0 aliphatic carbocycles. The molecule has 0 atom stereocenters. The molecule has 0 aliphatic heterocycles. The lowest BCUT2D eigenvalue weighted by Crippen LogP contribution is -2.31. The number of para-hydroxylation sites is 1. The molecule has 6 nitrogen and oxygen atoms in total. The zero-order valence-corrected chi connectivity index (χ0v) is 10.2. The van der Waals surface area contributed by atoms with Gasteiger partial charge in [-0.2, -0.15) is 0 Å². The fourth-order valence-electron chi connectivity index (χ4n) is 1.42. The van der Waals surface area contributed by atoms with Gasteiger partial charge in [-0.3, -0.25) is 4.79 Å². The summed E-state index contributed by atoms with van der Waals surface area (Å²) in [7, 11) is 1.63. The number of amidine groups is 1. The van der Waals surface area contributed by atoms with Gasteiger partial charge >= 0.3 is 0 Å². The molecule has 1 rings (SSSR count). The third-order valence-electron chi connectivity index (χ3n) is 2.59. The molecule has 98 valence electrons. The fourth-order valence-corrected chi connectivity index (χ4v) is 1.42. The monoisotopic (exact) mass is 251 g/mol. The summed E-state index contributed by atoms with van der Waals surface area (Å²) in [6.07, 6.45) is 0.429. The lowest BCUT2D eigenvalue weighted by atomic mass is 10.1. The number of carbonyl (C=O) groups excluding carboxylic acids is 1. The summed E-state index contributed by atoms with van der Waals surface area (Å²) in [5.74, 6) is 0.0510. The molecule has 0 unspecified atom stereocenters. The lowest BCUT2D eigenvalue weighted by Gasteiger charge is -2.17. The molecule has 4 N–H and O–H groups in total. The molecule has 0 aliphatic rings. The SMILES string of the molecule is CN(CC/C(N)=N/O)C(=O)Cc1ccccc1O. The second-order valence-electron chi connectivity index (χ2n) is 3.96. The minimum Gasteiger partial charge on any atom is -0.508 e. The van der Waals surface area contributed by atoms with Crippen molar-refractivity contribution in [1.29, 1.82) is 0 Å². The highest BCUT2D eigenvalue weighted by atomic mass is 16.4. The summed E-state index contributed by atoms with van der Waals surface area (Å²) < 4.78 is 0. The van der Waals surface area contributed by atoms with Crippen LogP contribution < -0.4 is 5.73 Å². The van der Waals surface area contributed by atoms with Gasteiger partial charge in [0.25, 0.3) is 0 Å². The number of nitrogens with zero attached hydrogens (tertiary/aromatic N) is 2. The van der Waals surface area contributed by atoms with Crippen LogP contribution in [0.5, 0.6) is 5.75 Å². The Balaban J connectivity index is 2.53. The molecular formula is C12H17N3O3. The van der Waals surface area contributed by atoms with Gasteiger partial charge in [0, 0.05) is 25.6 Å². The maximum absolute atomic E-state index is 11.8. The van der Waals surface area contributed by atoms with E-state index in [0.717, 1.165) is 0 Å². The number of benzene rings is 1. The molecule has 0 saturated carbocycles. The first-order chi connectivity index (χ1) is 8.54. The third kappa shape index (κ3) is 3.97. The van der Waals surface area contributed by atoms with Crippen molar-refractivity contribution in [2.75, 3.05) is 13.6 Å². The number of carbonyl (C=O) groups is 1. The van der Waals surface area contributed by atoms with Crippen LogP contribution in [0.15, 0.2) is 29.4 Å². The van der Waals surface area contributed by atoms with Gasteiger partial charge in [-0.05, 0) is 6.07 Å². The predicted molar refractivity (Wildman–Crippen MR) is 67.5 cm³/mol. The standard InChI is InChI=1S/C12H17N3O3/c1-15(7-6-11(13)14-18)12(17)8-9-4-2-3-5-10(9)16/h2-5,16,18H,6-8H2,1H3,(H2,13,14). The van der Waals surface area contributed by atoms with Gasteiger partial charge in [0.05, 0.1) is 6.42 Å². The molecule has 6 heteroatoms. The number of hydrogen-bond acceptors (Lipinski definition) is 4. The Hall–Kier alpha value is -2.24. The zero-order valence-electron chi connectivity index (χ0n) is 10.2. The van der Waals surface area contributed by atoms with Crippen molar-refractivity contribution in [3.63, 3.8) is 0 Å². The number of rotatable bonds is 5. The maximum atomic E-state index is 11.8. The van der Waals surface area contributed by atoms with E-state index in [4.69, 9.17) is 10.9 Å². The Kier molecular flexibility index (Phi) is 4.98. The second kappa shape index (κ2) is 6.48. The summed E-state index contributed by atoms with van der Waals surface area (Å²) in [5, 5.41) is 20.8. The van der Waals surface area contributed by atoms with Crippen LogP contribution >= 0.6 is 0 Å². The highest BCUT2D eigenvalue weighted by molar-refractivity contribution is 5.82. The van der Waals surface area contributed by atoms with E-state index in [2.05, 4.69) is 5.16 Å². The van der Waals surface area contributed by atoms with Gasteiger partial charge in [-0.15, -0.1) is 0 Å². The average Bonchev–Trinajstić information content (AvgIpc) is 2.38. The minimum absolute atomic E-state index is 0.0807. The Morgan fingerprint density at radius 2 is 2.11 bits per heavy atom. The third-order valence-corrected chi connectivity index (χ3v) is 2.59. The number of amides is 1. The van der Waals surface area contributed by atoms with Crippen LogP contribution in [0.2, 0.25) is 0 Å². The van der Waals surface area contributed by atoms with Gasteiger partial charge in [-0.1, -0.05) is 23.4 Å². The van der Waals surface area contributed by atoms with E-state index < -0.39 is 0 Å². The maximum Gasteiger partial charge on any atom is 0.226 e. The van der Waals surface area contributed by atoms with E-state index in [1.54, 1.807) is 31.3 Å². The normalized spacial score (nSPS) is 11.3. The summed E-state index contributed by atoms with van der Waals surface area (Å²) in [6, 6.07) is 6.70. The summed E-state index contributed by atoms with van der Waals surface area (Å²) in [6.45, 7) is 0.363. The number of oxime groups is 1. The van der Waals surface area contributed by atoms with Crippen molar-refractivity contribution in [3.05, 3.63) is 29.8 Å². The molecule has 18 heavy (non-hydrogen) atoms. The van der Waals surface area contributed by atoms with Crippen LogP contribution in [0.3, 0.4) is 0 Å². The van der Waals surface area contributed by atoms with Crippen LogP contribution in [0, 0.1) is 0 Å². The van der Waals surface area contributed by atoms with Crippen LogP contribution in [0.25, 0.3) is 0 Å². The Morgan fingerprint density at radius 1 is 1.44 bits per heavy atom. The fraction of sp³-hybridized carbons (Fsp3) is 0.333. The molecular weight excluding hydrogens is 234 g/mol. The van der Waals surface area contributed by atoms with E-state index in [9.17, 15) is 9.90 Å². The highest BCUT2D eigenvalue weighted by Gasteiger charge is 2.12. The van der Waals surface area contributed by atoms with E-state index in [0.29, 0.717) is 18.5 Å². The van der Waals surface area contributed by atoms with Gasteiger partial charge < -0.3 is 20.9 Å². The Morgan fingerprint density at radius 3 is 2.72 bits per heavy atom. The molecule has 1 aromatic rings. The molecule has 1 amide bonds. The van der Waals surface area contributed by atoms with Crippen molar-refractivity contribution in [1.82, 2.24) is 4.90 Å². The van der Waals surface area contributed by atoms with E-state index in [-0.39, 0.29) is 23.9 Å². The number of nitrogens with two attached hydrogens (primary N) is 1. The smallest absolute Gasteiger partial charge is 0.226 e. The molecule has 0 bridgehead atoms. The first-order valence-electron chi connectivity index (χ1n) is 5.52. The number of phenolic OH excluding ortho intramolecular Hbond substituents is 1. The first-order valence-corrected chi connectivity index (χ1v) is 5.52. The van der Waals surface area contributed by atoms with Crippen LogP contribution in [-0.4, -0.2) is 40.5 Å². The Labute approximate surface area is 105 Å². The van der Waals surface area contributed by atoms with E-state index >= 15 is 0 Å². The quantitative estimate of drug-likeness (QED) is 0.307. The summed E-state index contributed by atoms with van der Waals surface area (Å²) in [4.78, 5) is 13.3. The van der Waals surface area contributed by atoms with Crippen LogP contribution in [-0.2, 0) is 11.2 Å². The van der Waals surface area contributed by atoms with Gasteiger partial charge in [0.2, 0.25) is 5.91 Å². The number of hydrogen-bond donors (Lipinski definition) is 3. The Bertz CT molecular complexity index is 446. The summed E-state index contributed by atoms with van der Waals surface area (Å²) in [5.41, 5.74) is 5.90. The average molecular weight is 251 g/mol. The largest absolute Gasteiger partial charge is 0.508 e. The molecule has 0 radical (unpaired) electrons. The van der Waals surface area contributed by atoms with Crippen LogP contribution in [0.1, 0.15) is 12.0 Å². The predicted octanol–water partition coefficient (Wildman–Crippen LogP) is 0.530. The first kappa shape index (κ1) is 13.8. The van der Waals surface area contributed by atoms with Gasteiger partial charge in [-0.25, -0.2) is 0 Å². The number of phenols is 1. The van der Waals surface area contributed by atoms with E-state index in [1.165, 1.54) is 4.90 Å². The van der Waals surface area contributed by atoms with Crippen molar-refractivity contribution >= 4 is 11.7 Å². The molecule has 0 saturated heterocycles. The van der Waals surface area contributed by atoms with Gasteiger partial charge in [0.1, 0.15) is 11.6 Å². The summed E-state index contributed by atoms with van der Waals surface area (Å²) >= 11 is 0. The molecule has 0 heterocycles.